The predicted molar refractivity (Wildman–Crippen MR) is 60.3 cm³/mol. The molecule has 0 atom stereocenters. The van der Waals surface area contributed by atoms with E-state index >= 15 is 0 Å². The molecule has 0 spiro atoms. The predicted octanol–water partition coefficient (Wildman–Crippen LogP) is 2.20. The molecule has 0 aliphatic heterocycles. The maximum Gasteiger partial charge on any atom is 0.490 e. The van der Waals surface area contributed by atoms with Crippen LogP contribution in [0.2, 0.25) is 5.02 Å². The van der Waals surface area contributed by atoms with Gasteiger partial charge in [-0.25, -0.2) is 9.18 Å². The summed E-state index contributed by atoms with van der Waals surface area (Å²) in [5.74, 6) is -4.16. The molecule has 1 amide bonds. The second kappa shape index (κ2) is 6.56. The first-order chi connectivity index (χ1) is 9.21. The van der Waals surface area contributed by atoms with E-state index in [4.69, 9.17) is 11.6 Å². The fourth-order valence-corrected chi connectivity index (χ4v) is 1.38. The van der Waals surface area contributed by atoms with Crippen molar-refractivity contribution in [3.05, 3.63) is 34.6 Å². The van der Waals surface area contributed by atoms with Crippen molar-refractivity contribution in [1.82, 2.24) is 5.32 Å². The summed E-state index contributed by atoms with van der Waals surface area (Å²) < 4.78 is 52.4. The van der Waals surface area contributed by atoms with Gasteiger partial charge in [0.05, 0.1) is 0 Å². The molecule has 0 fully saturated rings. The minimum atomic E-state index is -5.17. The van der Waals surface area contributed by atoms with Crippen molar-refractivity contribution < 1.29 is 31.9 Å². The number of amides is 1. The van der Waals surface area contributed by atoms with Crippen LogP contribution in [0.25, 0.3) is 0 Å². The highest BCUT2D eigenvalue weighted by atomic mass is 35.5. The molecular formula is C11H8ClF4NO3. The largest absolute Gasteiger partial charge is 0.490 e. The average Bonchev–Trinajstić information content (AvgIpc) is 2.34. The first-order valence-corrected chi connectivity index (χ1v) is 5.53. The molecule has 1 aromatic rings. The number of halogens is 5. The third-order valence-corrected chi connectivity index (χ3v) is 2.44. The van der Waals surface area contributed by atoms with Gasteiger partial charge in [0.1, 0.15) is 5.82 Å². The maximum absolute atomic E-state index is 13.3. The molecule has 0 radical (unpaired) electrons. The smallest absolute Gasteiger partial charge is 0.449 e. The van der Waals surface area contributed by atoms with E-state index in [1.165, 1.54) is 12.1 Å². The van der Waals surface area contributed by atoms with Crippen molar-refractivity contribution >= 4 is 23.5 Å². The summed E-state index contributed by atoms with van der Waals surface area (Å²) in [6.07, 6.45) is -5.17. The number of nitrogens with one attached hydrogen (secondary N) is 1. The van der Waals surface area contributed by atoms with Crippen LogP contribution in [-0.4, -0.2) is 24.7 Å². The SMILES string of the molecule is O=C(COC(=O)C(F)(F)F)NCc1c(F)cccc1Cl. The molecule has 0 unspecified atom stereocenters. The zero-order valence-electron chi connectivity index (χ0n) is 9.76. The number of hydrogen-bond donors (Lipinski definition) is 1. The van der Waals surface area contributed by atoms with Gasteiger partial charge in [-0.1, -0.05) is 17.7 Å². The van der Waals surface area contributed by atoms with Crippen molar-refractivity contribution in [2.75, 3.05) is 6.61 Å². The molecule has 4 nitrogen and oxygen atoms in total. The molecule has 0 bridgehead atoms. The van der Waals surface area contributed by atoms with Gasteiger partial charge in [-0.05, 0) is 12.1 Å². The highest BCUT2D eigenvalue weighted by Crippen LogP contribution is 2.18. The fourth-order valence-electron chi connectivity index (χ4n) is 1.15. The van der Waals surface area contributed by atoms with Crippen LogP contribution in [0.15, 0.2) is 18.2 Å². The van der Waals surface area contributed by atoms with Crippen molar-refractivity contribution in [1.29, 1.82) is 0 Å². The number of ether oxygens (including phenoxy) is 1. The first kappa shape index (κ1) is 16.2. The Morgan fingerprint density at radius 2 is 1.95 bits per heavy atom. The zero-order chi connectivity index (χ0) is 15.3. The monoisotopic (exact) mass is 313 g/mol. The van der Waals surface area contributed by atoms with Crippen LogP contribution >= 0.6 is 11.6 Å². The van der Waals surface area contributed by atoms with E-state index in [2.05, 4.69) is 10.1 Å². The number of esters is 1. The Hall–Kier alpha value is -1.83. The molecule has 0 aliphatic carbocycles. The summed E-state index contributed by atoms with van der Waals surface area (Å²) in [6.45, 7) is -1.46. The van der Waals surface area contributed by atoms with Crippen molar-refractivity contribution in [3.63, 3.8) is 0 Å². The molecule has 0 aromatic heterocycles. The Bertz CT molecular complexity index is 499. The summed E-state index contributed by atoms with van der Waals surface area (Å²) in [5.41, 5.74) is -0.0235. The Morgan fingerprint density at radius 3 is 2.50 bits per heavy atom. The molecular weight excluding hydrogens is 306 g/mol. The standard InChI is InChI=1S/C11H8ClF4NO3/c12-7-2-1-3-8(13)6(7)4-17-9(18)5-20-10(19)11(14,15)16/h1-3H,4-5H2,(H,17,18). The van der Waals surface area contributed by atoms with Crippen LogP contribution in [0.4, 0.5) is 17.6 Å². The van der Waals surface area contributed by atoms with Gasteiger partial charge < -0.3 is 10.1 Å². The quantitative estimate of drug-likeness (QED) is 0.685. The number of alkyl halides is 3. The third-order valence-electron chi connectivity index (χ3n) is 2.09. The van der Waals surface area contributed by atoms with E-state index in [1.807, 2.05) is 0 Å². The van der Waals surface area contributed by atoms with Gasteiger partial charge in [-0.15, -0.1) is 0 Å². The molecule has 0 aliphatic rings. The highest BCUT2D eigenvalue weighted by Gasteiger charge is 2.41. The van der Waals surface area contributed by atoms with Gasteiger partial charge in [0.25, 0.3) is 5.91 Å². The van der Waals surface area contributed by atoms with Crippen LogP contribution < -0.4 is 5.32 Å². The topological polar surface area (TPSA) is 55.4 Å². The molecule has 1 N–H and O–H groups in total. The van der Waals surface area contributed by atoms with Gasteiger partial charge in [-0.3, -0.25) is 4.79 Å². The van der Waals surface area contributed by atoms with Crippen molar-refractivity contribution in [2.45, 2.75) is 12.7 Å². The molecule has 110 valence electrons. The summed E-state index contributed by atoms with van der Waals surface area (Å²) >= 11 is 5.67. The second-order valence-corrected chi connectivity index (χ2v) is 3.96. The van der Waals surface area contributed by atoms with Gasteiger partial charge in [0.2, 0.25) is 0 Å². The maximum atomic E-state index is 13.3. The Kier molecular flexibility index (Phi) is 5.32. The number of benzene rings is 1. The Morgan fingerprint density at radius 1 is 1.30 bits per heavy atom. The number of carbonyl (C=O) groups excluding carboxylic acids is 2. The van der Waals surface area contributed by atoms with E-state index in [9.17, 15) is 27.2 Å². The normalized spacial score (nSPS) is 11.1. The van der Waals surface area contributed by atoms with Gasteiger partial charge in [0, 0.05) is 17.1 Å². The third kappa shape index (κ3) is 4.69. The van der Waals surface area contributed by atoms with Gasteiger partial charge in [-0.2, -0.15) is 13.2 Å². The number of rotatable bonds is 4. The summed E-state index contributed by atoms with van der Waals surface area (Å²) in [7, 11) is 0. The second-order valence-electron chi connectivity index (χ2n) is 3.55. The Labute approximate surface area is 115 Å². The van der Waals surface area contributed by atoms with E-state index in [1.54, 1.807) is 0 Å². The van der Waals surface area contributed by atoms with Crippen LogP contribution in [0.3, 0.4) is 0 Å². The lowest BCUT2D eigenvalue weighted by Crippen LogP contribution is -2.32. The minimum absolute atomic E-state index is 0.0235. The average molecular weight is 314 g/mol. The molecule has 9 heteroatoms. The summed E-state index contributed by atoms with van der Waals surface area (Å²) in [6, 6.07) is 3.85. The van der Waals surface area contributed by atoms with E-state index < -0.39 is 30.5 Å². The van der Waals surface area contributed by atoms with Crippen molar-refractivity contribution in [3.8, 4) is 0 Å². The summed E-state index contributed by atoms with van der Waals surface area (Å²) in [5, 5.41) is 2.13. The highest BCUT2D eigenvalue weighted by molar-refractivity contribution is 6.31. The molecule has 20 heavy (non-hydrogen) atoms. The lowest BCUT2D eigenvalue weighted by atomic mass is 10.2. The number of hydrogen-bond acceptors (Lipinski definition) is 3. The summed E-state index contributed by atoms with van der Waals surface area (Å²) in [4.78, 5) is 21.5. The molecule has 0 heterocycles. The molecule has 0 saturated carbocycles. The van der Waals surface area contributed by atoms with Gasteiger partial charge >= 0.3 is 12.1 Å². The van der Waals surface area contributed by atoms with Crippen LogP contribution in [0.5, 0.6) is 0 Å². The van der Waals surface area contributed by atoms with E-state index in [-0.39, 0.29) is 17.1 Å². The lowest BCUT2D eigenvalue weighted by molar-refractivity contribution is -0.200. The van der Waals surface area contributed by atoms with Crippen LogP contribution in [0.1, 0.15) is 5.56 Å². The van der Waals surface area contributed by atoms with Crippen LogP contribution in [-0.2, 0) is 20.9 Å². The van der Waals surface area contributed by atoms with Crippen LogP contribution in [0, 0.1) is 5.82 Å². The van der Waals surface area contributed by atoms with E-state index in [0.717, 1.165) is 6.07 Å². The Balaban J connectivity index is 2.47. The van der Waals surface area contributed by atoms with Crippen molar-refractivity contribution in [2.24, 2.45) is 0 Å². The molecule has 1 rings (SSSR count). The number of carbonyl (C=O) groups is 2. The zero-order valence-corrected chi connectivity index (χ0v) is 10.5. The lowest BCUT2D eigenvalue weighted by Gasteiger charge is -2.09. The first-order valence-electron chi connectivity index (χ1n) is 5.15. The van der Waals surface area contributed by atoms with E-state index in [0.29, 0.717) is 0 Å². The molecule has 1 aromatic carbocycles. The fraction of sp³-hybridized carbons (Fsp3) is 0.273. The molecule has 0 saturated heterocycles. The minimum Gasteiger partial charge on any atom is -0.449 e. The van der Waals surface area contributed by atoms with Gasteiger partial charge in [0.15, 0.2) is 6.61 Å².